The molecule has 19 heavy (non-hydrogen) atoms. The molecule has 5 heteroatoms. The molecule has 1 amide bonds. The van der Waals surface area contributed by atoms with E-state index in [-0.39, 0.29) is 5.91 Å². The smallest absolute Gasteiger partial charge is 0.258 e. The highest BCUT2D eigenvalue weighted by molar-refractivity contribution is 6.04. The lowest BCUT2D eigenvalue weighted by Crippen LogP contribution is -2.14. The Morgan fingerprint density at radius 1 is 1.32 bits per heavy atom. The summed E-state index contributed by atoms with van der Waals surface area (Å²) in [6.45, 7) is 7.85. The van der Waals surface area contributed by atoms with Gasteiger partial charge in [-0.25, -0.2) is 0 Å². The molecule has 2 N–H and O–H groups in total. The molecule has 0 aromatic carbocycles. The van der Waals surface area contributed by atoms with Gasteiger partial charge in [0, 0.05) is 17.5 Å². The first-order valence-electron chi connectivity index (χ1n) is 6.28. The summed E-state index contributed by atoms with van der Waals surface area (Å²) in [7, 11) is 0. The van der Waals surface area contributed by atoms with Crippen LogP contribution in [0.25, 0.3) is 0 Å². The van der Waals surface area contributed by atoms with Crippen molar-refractivity contribution in [1.29, 1.82) is 0 Å². The van der Waals surface area contributed by atoms with E-state index in [0.29, 0.717) is 17.3 Å². The van der Waals surface area contributed by atoms with Crippen molar-refractivity contribution >= 4 is 11.7 Å². The molecule has 0 atom stereocenters. The molecule has 0 aliphatic heterocycles. The van der Waals surface area contributed by atoms with E-state index >= 15 is 0 Å². The van der Waals surface area contributed by atoms with Crippen molar-refractivity contribution in [2.75, 3.05) is 5.32 Å². The van der Waals surface area contributed by atoms with Crippen molar-refractivity contribution < 1.29 is 4.79 Å². The number of nitrogens with zero attached hydrogens (tertiary/aromatic N) is 2. The minimum absolute atomic E-state index is 0.188. The van der Waals surface area contributed by atoms with Crippen LogP contribution in [0.5, 0.6) is 0 Å². The van der Waals surface area contributed by atoms with Crippen molar-refractivity contribution in [3.8, 4) is 0 Å². The summed E-state index contributed by atoms with van der Waals surface area (Å²) < 4.78 is 0. The molecular formula is C14H18N4O. The fourth-order valence-corrected chi connectivity index (χ4v) is 1.81. The number of aromatic nitrogens is 3. The zero-order valence-corrected chi connectivity index (χ0v) is 11.6. The molecule has 2 heterocycles. The average molecular weight is 258 g/mol. The molecule has 2 aromatic heterocycles. The maximum absolute atomic E-state index is 12.1. The van der Waals surface area contributed by atoms with Gasteiger partial charge >= 0.3 is 0 Å². The Morgan fingerprint density at radius 2 is 2.05 bits per heavy atom. The van der Waals surface area contributed by atoms with Crippen molar-refractivity contribution in [3.05, 3.63) is 40.8 Å². The highest BCUT2D eigenvalue weighted by Crippen LogP contribution is 2.16. The van der Waals surface area contributed by atoms with Gasteiger partial charge in [-0.2, -0.15) is 5.10 Å². The normalized spacial score (nSPS) is 10.8. The highest BCUT2D eigenvalue weighted by Gasteiger charge is 2.12. The van der Waals surface area contributed by atoms with Crippen LogP contribution in [0.15, 0.2) is 18.2 Å². The monoisotopic (exact) mass is 258 g/mol. The van der Waals surface area contributed by atoms with Crippen LogP contribution in [0.3, 0.4) is 0 Å². The number of amides is 1. The van der Waals surface area contributed by atoms with Crippen molar-refractivity contribution in [1.82, 2.24) is 15.2 Å². The Bertz CT molecular complexity index is 601. The number of aryl methyl sites for hydroxylation is 2. The van der Waals surface area contributed by atoms with Gasteiger partial charge in [0.15, 0.2) is 5.82 Å². The lowest BCUT2D eigenvalue weighted by Gasteiger charge is -2.05. The van der Waals surface area contributed by atoms with Gasteiger partial charge in [-0.05, 0) is 31.9 Å². The number of carbonyl (C=O) groups excluding carboxylic acids is 1. The highest BCUT2D eigenvalue weighted by atomic mass is 16.1. The molecule has 0 radical (unpaired) electrons. The first-order chi connectivity index (χ1) is 8.97. The number of H-pyrrole nitrogens is 1. The second-order valence-electron chi connectivity index (χ2n) is 4.90. The second kappa shape index (κ2) is 5.22. The molecule has 0 fully saturated rings. The maximum atomic E-state index is 12.1. The van der Waals surface area contributed by atoms with Gasteiger partial charge in [0.1, 0.15) is 0 Å². The summed E-state index contributed by atoms with van der Waals surface area (Å²) >= 11 is 0. The van der Waals surface area contributed by atoms with E-state index < -0.39 is 0 Å². The summed E-state index contributed by atoms with van der Waals surface area (Å²) in [5.74, 6) is 0.696. The van der Waals surface area contributed by atoms with Crippen LogP contribution in [-0.2, 0) is 0 Å². The molecule has 5 nitrogen and oxygen atoms in total. The SMILES string of the molecule is Cc1ccc(C(=O)Nc2cc(C(C)C)[nH]n2)c(C)n1. The molecule has 0 aliphatic carbocycles. The lowest BCUT2D eigenvalue weighted by atomic mass is 10.1. The Labute approximate surface area is 112 Å². The number of pyridine rings is 1. The summed E-state index contributed by atoms with van der Waals surface area (Å²) in [5.41, 5.74) is 3.18. The molecule has 100 valence electrons. The van der Waals surface area contributed by atoms with E-state index in [0.717, 1.165) is 17.1 Å². The molecule has 0 aliphatic rings. The van der Waals surface area contributed by atoms with Crippen molar-refractivity contribution in [2.24, 2.45) is 0 Å². The molecule has 0 bridgehead atoms. The van der Waals surface area contributed by atoms with Crippen molar-refractivity contribution in [3.63, 3.8) is 0 Å². The third kappa shape index (κ3) is 2.99. The van der Waals surface area contributed by atoms with Gasteiger partial charge in [0.25, 0.3) is 5.91 Å². The van der Waals surface area contributed by atoms with Crippen LogP contribution in [-0.4, -0.2) is 21.1 Å². The molecule has 0 saturated heterocycles. The summed E-state index contributed by atoms with van der Waals surface area (Å²) in [6.07, 6.45) is 0. The standard InChI is InChI=1S/C14H18N4O/c1-8(2)12-7-13(18-17-12)16-14(19)11-6-5-9(3)15-10(11)4/h5-8H,1-4H3,(H2,16,17,18,19). The van der Waals surface area contributed by atoms with Crippen LogP contribution in [0.4, 0.5) is 5.82 Å². The van der Waals surface area contributed by atoms with Gasteiger partial charge in [-0.1, -0.05) is 13.8 Å². The number of carbonyl (C=O) groups is 1. The van der Waals surface area contributed by atoms with Crippen LogP contribution in [0.1, 0.15) is 47.2 Å². The van der Waals surface area contributed by atoms with Gasteiger partial charge in [-0.15, -0.1) is 0 Å². The number of nitrogens with one attached hydrogen (secondary N) is 2. The number of hydrogen-bond acceptors (Lipinski definition) is 3. The largest absolute Gasteiger partial charge is 0.305 e. The molecule has 0 saturated carbocycles. The van der Waals surface area contributed by atoms with E-state index in [1.54, 1.807) is 6.07 Å². The zero-order valence-electron chi connectivity index (χ0n) is 11.6. The third-order valence-electron chi connectivity index (χ3n) is 2.93. The van der Waals surface area contributed by atoms with Crippen LogP contribution >= 0.6 is 0 Å². The predicted molar refractivity (Wildman–Crippen MR) is 74.3 cm³/mol. The Morgan fingerprint density at radius 3 is 2.63 bits per heavy atom. The lowest BCUT2D eigenvalue weighted by molar-refractivity contribution is 0.102. The summed E-state index contributed by atoms with van der Waals surface area (Å²) in [5, 5.41) is 9.75. The van der Waals surface area contributed by atoms with E-state index in [2.05, 4.69) is 34.3 Å². The average Bonchev–Trinajstić information content (AvgIpc) is 2.77. The Kier molecular flexibility index (Phi) is 3.64. The third-order valence-corrected chi connectivity index (χ3v) is 2.93. The minimum atomic E-state index is -0.188. The number of hydrogen-bond donors (Lipinski definition) is 2. The summed E-state index contributed by atoms with van der Waals surface area (Å²) in [6, 6.07) is 5.45. The van der Waals surface area contributed by atoms with Gasteiger partial charge in [-0.3, -0.25) is 14.9 Å². The Balaban J connectivity index is 2.16. The number of rotatable bonds is 3. The first-order valence-corrected chi connectivity index (χ1v) is 6.28. The first kappa shape index (κ1) is 13.3. The number of aromatic amines is 1. The van der Waals surface area contributed by atoms with Crippen molar-refractivity contribution in [2.45, 2.75) is 33.6 Å². The predicted octanol–water partition coefficient (Wildman–Crippen LogP) is 2.80. The quantitative estimate of drug-likeness (QED) is 0.889. The van der Waals surface area contributed by atoms with Crippen LogP contribution < -0.4 is 5.32 Å². The van der Waals surface area contributed by atoms with Crippen LogP contribution in [0, 0.1) is 13.8 Å². The van der Waals surface area contributed by atoms with Gasteiger partial charge in [0.2, 0.25) is 0 Å². The molecule has 2 aromatic rings. The van der Waals surface area contributed by atoms with Gasteiger partial charge in [0.05, 0.1) is 11.3 Å². The fourth-order valence-electron chi connectivity index (χ4n) is 1.81. The van der Waals surface area contributed by atoms with E-state index in [1.807, 2.05) is 26.0 Å². The molecule has 2 rings (SSSR count). The fraction of sp³-hybridized carbons (Fsp3) is 0.357. The van der Waals surface area contributed by atoms with Crippen LogP contribution in [0.2, 0.25) is 0 Å². The van der Waals surface area contributed by atoms with E-state index in [4.69, 9.17) is 0 Å². The topological polar surface area (TPSA) is 70.7 Å². The Hall–Kier alpha value is -2.17. The molecule has 0 spiro atoms. The minimum Gasteiger partial charge on any atom is -0.305 e. The number of anilines is 1. The molecular weight excluding hydrogens is 240 g/mol. The van der Waals surface area contributed by atoms with Gasteiger partial charge < -0.3 is 5.32 Å². The maximum Gasteiger partial charge on any atom is 0.258 e. The molecule has 0 unspecified atom stereocenters. The summed E-state index contributed by atoms with van der Waals surface area (Å²) in [4.78, 5) is 16.4. The zero-order chi connectivity index (χ0) is 14.0. The second-order valence-corrected chi connectivity index (χ2v) is 4.90. The van der Waals surface area contributed by atoms with E-state index in [9.17, 15) is 4.79 Å². The van der Waals surface area contributed by atoms with E-state index in [1.165, 1.54) is 0 Å².